The number of ether oxygens (including phenoxy) is 4. The quantitative estimate of drug-likeness (QED) is 0.119. The summed E-state index contributed by atoms with van der Waals surface area (Å²) in [6.07, 6.45) is -1.91. The number of methoxy groups -OCH3 is 1. The number of sulfone groups is 1. The molecule has 2 rings (SSSR count). The number of rotatable bonds is 19. The Hall–Kier alpha value is -3.66. The van der Waals surface area contributed by atoms with Crippen molar-refractivity contribution in [2.45, 2.75) is 78.4 Å². The SMILES string of the molecule is COC(C#N)(COP(=O)(N[C@@H](C)C(=O)OC(C)C)OCCS(C)(=O)=O)[C@@H](OC(=O)C(C)C)[C@@H](OC(=O)C(C)C)c1ccc2c(N)ncnn12. The molecule has 0 aliphatic carbocycles. The van der Waals surface area contributed by atoms with Crippen molar-refractivity contribution < 1.29 is 55.4 Å². The second kappa shape index (κ2) is 17.3. The van der Waals surface area contributed by atoms with E-state index in [0.29, 0.717) is 5.52 Å². The van der Waals surface area contributed by atoms with Crippen LogP contribution in [0.5, 0.6) is 0 Å². The highest BCUT2D eigenvalue weighted by atomic mass is 32.2. The Kier molecular flexibility index (Phi) is 14.7. The number of nitrogen functional groups attached to an aromatic ring is 1. The number of nitrogens with two attached hydrogens (primary N) is 1. The molecule has 0 bridgehead atoms. The van der Waals surface area contributed by atoms with Crippen LogP contribution in [0.2, 0.25) is 0 Å². The van der Waals surface area contributed by atoms with Crippen LogP contribution in [0.25, 0.3) is 5.52 Å². The Labute approximate surface area is 285 Å². The molecule has 2 heterocycles. The Bertz CT molecular complexity index is 1670. The molecule has 0 saturated carbocycles. The number of esters is 3. The van der Waals surface area contributed by atoms with Crippen molar-refractivity contribution in [2.24, 2.45) is 11.8 Å². The molecule has 2 aromatic heterocycles. The lowest BCUT2D eigenvalue weighted by atomic mass is 9.92. The summed E-state index contributed by atoms with van der Waals surface area (Å²) in [5.74, 6) is -4.38. The van der Waals surface area contributed by atoms with Gasteiger partial charge in [-0.1, -0.05) is 27.7 Å². The maximum Gasteiger partial charge on any atom is 0.406 e. The first-order valence-electron chi connectivity index (χ1n) is 15.2. The molecule has 49 heavy (non-hydrogen) atoms. The fourth-order valence-electron chi connectivity index (χ4n) is 4.01. The first kappa shape index (κ1) is 41.5. The number of anilines is 1. The number of hydrogen-bond acceptors (Lipinski definition) is 16. The van der Waals surface area contributed by atoms with Crippen LogP contribution in [-0.4, -0.2) is 97.1 Å². The molecular weight excluding hydrogens is 687 g/mol. The number of nitrogens with one attached hydrogen (secondary N) is 1. The summed E-state index contributed by atoms with van der Waals surface area (Å²) in [4.78, 5) is 42.8. The number of carbonyl (C=O) groups is 3. The van der Waals surface area contributed by atoms with Gasteiger partial charge in [0.2, 0.25) is 5.60 Å². The fraction of sp³-hybridized carbons (Fsp3) is 0.655. The van der Waals surface area contributed by atoms with E-state index in [9.17, 15) is 32.6 Å². The van der Waals surface area contributed by atoms with E-state index in [1.165, 1.54) is 37.4 Å². The number of aromatic nitrogens is 3. The summed E-state index contributed by atoms with van der Waals surface area (Å²) >= 11 is 0. The molecule has 0 aromatic carbocycles. The minimum Gasteiger partial charge on any atom is -0.462 e. The normalized spacial score (nSPS) is 16.4. The second-order valence-electron chi connectivity index (χ2n) is 12.0. The zero-order valence-electron chi connectivity index (χ0n) is 28.9. The van der Waals surface area contributed by atoms with Crippen molar-refractivity contribution in [2.75, 3.05) is 38.1 Å². The van der Waals surface area contributed by atoms with Crippen LogP contribution in [0.1, 0.15) is 60.3 Å². The number of carbonyl (C=O) groups excluding carboxylic acids is 3. The molecule has 5 atom stereocenters. The van der Waals surface area contributed by atoms with Crippen LogP contribution in [-0.2, 0) is 56.8 Å². The average molecular weight is 733 g/mol. The third kappa shape index (κ3) is 11.4. The second-order valence-corrected chi connectivity index (χ2v) is 16.0. The molecule has 3 N–H and O–H groups in total. The van der Waals surface area contributed by atoms with Gasteiger partial charge < -0.3 is 24.7 Å². The smallest absolute Gasteiger partial charge is 0.406 e. The standard InChI is InChI=1S/C29H45N6O12PS/c1-17(2)26(36)46-23(21-10-11-22-25(31)32-16-33-35(21)22)24(47-27(37)18(3)4)29(14-30,42-8)15-44-48(39,43-12-13-49(9,40)41)34-20(7)28(38)45-19(5)6/h10-11,16-20,23-24H,12-13,15H2,1-9H3,(H,34,39)(H2,31,32,33)/t20-,23-,24-,29?,48?/m0/s1. The van der Waals surface area contributed by atoms with Crippen molar-refractivity contribution in [3.8, 4) is 6.07 Å². The molecule has 0 fully saturated rings. The number of hydrogen-bond donors (Lipinski definition) is 2. The number of fused-ring (bicyclic) bond motifs is 1. The van der Waals surface area contributed by atoms with E-state index in [1.807, 2.05) is 6.07 Å². The zero-order valence-corrected chi connectivity index (χ0v) is 30.6. The summed E-state index contributed by atoms with van der Waals surface area (Å²) in [6, 6.07) is 3.57. The van der Waals surface area contributed by atoms with Gasteiger partial charge >= 0.3 is 25.7 Å². The van der Waals surface area contributed by atoms with Gasteiger partial charge in [-0.15, -0.1) is 0 Å². The van der Waals surface area contributed by atoms with Crippen LogP contribution < -0.4 is 10.8 Å². The van der Waals surface area contributed by atoms with E-state index < -0.39 is 96.2 Å². The van der Waals surface area contributed by atoms with Crippen LogP contribution in [0, 0.1) is 23.2 Å². The van der Waals surface area contributed by atoms with Gasteiger partial charge in [0.25, 0.3) is 0 Å². The summed E-state index contributed by atoms with van der Waals surface area (Å²) in [5, 5.41) is 17.2. The van der Waals surface area contributed by atoms with Gasteiger partial charge in [-0.2, -0.15) is 10.4 Å². The van der Waals surface area contributed by atoms with E-state index in [0.717, 1.165) is 19.7 Å². The minimum atomic E-state index is -4.69. The van der Waals surface area contributed by atoms with E-state index in [1.54, 1.807) is 27.7 Å². The van der Waals surface area contributed by atoms with E-state index in [4.69, 9.17) is 33.7 Å². The van der Waals surface area contributed by atoms with Crippen LogP contribution in [0.15, 0.2) is 18.5 Å². The first-order chi connectivity index (χ1) is 22.7. The van der Waals surface area contributed by atoms with Crippen molar-refractivity contribution in [1.29, 1.82) is 5.26 Å². The average Bonchev–Trinajstić information content (AvgIpc) is 3.44. The number of nitriles is 1. The van der Waals surface area contributed by atoms with Gasteiger partial charge in [-0.05, 0) is 32.9 Å². The molecule has 0 saturated heterocycles. The molecule has 274 valence electrons. The molecule has 0 amide bonds. The maximum absolute atomic E-state index is 14.1. The minimum absolute atomic E-state index is 0.0656. The summed E-state index contributed by atoms with van der Waals surface area (Å²) < 4.78 is 72.4. The molecule has 0 radical (unpaired) electrons. The van der Waals surface area contributed by atoms with Crippen molar-refractivity contribution >= 4 is 46.8 Å². The third-order valence-electron chi connectivity index (χ3n) is 6.74. The van der Waals surface area contributed by atoms with Crippen LogP contribution in [0.3, 0.4) is 0 Å². The van der Waals surface area contributed by atoms with Gasteiger partial charge in [0.05, 0.1) is 36.0 Å². The highest BCUT2D eigenvalue weighted by Gasteiger charge is 2.52. The van der Waals surface area contributed by atoms with Crippen molar-refractivity contribution in [1.82, 2.24) is 19.7 Å². The molecule has 0 aliphatic heterocycles. The Morgan fingerprint density at radius 3 is 2.16 bits per heavy atom. The Morgan fingerprint density at radius 2 is 1.63 bits per heavy atom. The predicted molar refractivity (Wildman–Crippen MR) is 174 cm³/mol. The maximum atomic E-state index is 14.1. The lowest BCUT2D eigenvalue weighted by Gasteiger charge is -2.38. The van der Waals surface area contributed by atoms with E-state index in [-0.39, 0.29) is 11.5 Å². The lowest BCUT2D eigenvalue weighted by molar-refractivity contribution is -0.197. The van der Waals surface area contributed by atoms with Gasteiger partial charge in [-0.3, -0.25) is 23.4 Å². The topological polar surface area (TPSA) is 250 Å². The van der Waals surface area contributed by atoms with E-state index >= 15 is 0 Å². The van der Waals surface area contributed by atoms with Gasteiger partial charge in [0.15, 0.2) is 18.0 Å². The third-order valence-corrected chi connectivity index (χ3v) is 9.34. The predicted octanol–water partition coefficient (Wildman–Crippen LogP) is 2.14. The molecule has 20 heteroatoms. The van der Waals surface area contributed by atoms with Crippen LogP contribution >= 0.6 is 7.75 Å². The summed E-state index contributed by atoms with van der Waals surface area (Å²) in [5.41, 5.74) is 4.00. The monoisotopic (exact) mass is 732 g/mol. The van der Waals surface area contributed by atoms with E-state index in [2.05, 4.69) is 15.2 Å². The molecule has 2 unspecified atom stereocenters. The molecule has 18 nitrogen and oxygen atoms in total. The van der Waals surface area contributed by atoms with Crippen molar-refractivity contribution in [3.05, 3.63) is 24.2 Å². The number of nitrogens with zero attached hydrogens (tertiary/aromatic N) is 4. The molecule has 2 aromatic rings. The lowest BCUT2D eigenvalue weighted by Crippen LogP contribution is -2.53. The molecule has 0 spiro atoms. The largest absolute Gasteiger partial charge is 0.462 e. The Morgan fingerprint density at radius 1 is 1.02 bits per heavy atom. The fourth-order valence-corrected chi connectivity index (χ4v) is 6.02. The first-order valence-corrected chi connectivity index (χ1v) is 18.8. The van der Waals surface area contributed by atoms with Gasteiger partial charge in [-0.25, -0.2) is 27.6 Å². The highest BCUT2D eigenvalue weighted by Crippen LogP contribution is 2.47. The van der Waals surface area contributed by atoms with Gasteiger partial charge in [0, 0.05) is 13.4 Å². The molecular formula is C29H45N6O12PS. The highest BCUT2D eigenvalue weighted by molar-refractivity contribution is 7.90. The van der Waals surface area contributed by atoms with Crippen molar-refractivity contribution in [3.63, 3.8) is 0 Å². The Balaban J connectivity index is 2.72. The molecule has 0 aliphatic rings. The summed E-state index contributed by atoms with van der Waals surface area (Å²) in [7, 11) is -7.21. The van der Waals surface area contributed by atoms with Crippen LogP contribution in [0.4, 0.5) is 5.82 Å². The van der Waals surface area contributed by atoms with Gasteiger partial charge in [0.1, 0.15) is 40.4 Å². The zero-order chi connectivity index (χ0) is 37.3. The summed E-state index contributed by atoms with van der Waals surface area (Å²) in [6.45, 7) is 9.02.